The molecule has 0 aliphatic carbocycles. The van der Waals surface area contributed by atoms with Crippen molar-refractivity contribution in [3.05, 3.63) is 0 Å². The fourth-order valence-corrected chi connectivity index (χ4v) is 4.41. The van der Waals surface area contributed by atoms with Gasteiger partial charge in [0.2, 0.25) is 0 Å². The Hall–Kier alpha value is 0.389. The van der Waals surface area contributed by atoms with Crippen LogP contribution >= 0.6 is 0 Å². The van der Waals surface area contributed by atoms with Gasteiger partial charge in [0.15, 0.2) is 0 Å². The van der Waals surface area contributed by atoms with E-state index >= 15 is 0 Å². The maximum atomic E-state index is 10.3. The zero-order valence-electron chi connectivity index (χ0n) is 13.4. The van der Waals surface area contributed by atoms with Gasteiger partial charge < -0.3 is 0 Å². The van der Waals surface area contributed by atoms with E-state index in [1.807, 2.05) is 0 Å². The summed E-state index contributed by atoms with van der Waals surface area (Å²) >= 11 is 0.586. The predicted octanol–water partition coefficient (Wildman–Crippen LogP) is 4.66. The molecule has 0 spiro atoms. The molecule has 0 aromatic rings. The predicted molar refractivity (Wildman–Crippen MR) is 89.3 cm³/mol. The van der Waals surface area contributed by atoms with Crippen LogP contribution in [-0.2, 0) is 14.6 Å². The van der Waals surface area contributed by atoms with Gasteiger partial charge in [0.1, 0.15) is 0 Å². The summed E-state index contributed by atoms with van der Waals surface area (Å²) in [5.74, 6) is 0. The molecule has 0 aromatic heterocycles. The first-order chi connectivity index (χ1) is 10.1. The Balaban J connectivity index is 3.03. The van der Waals surface area contributed by atoms with E-state index in [9.17, 15) is 8.42 Å². The Morgan fingerprint density at radius 3 is 1.81 bits per heavy atom. The molecule has 0 heterocycles. The molecule has 0 radical (unpaired) electrons. The summed E-state index contributed by atoms with van der Waals surface area (Å²) in [4.78, 5) is 0. The van der Waals surface area contributed by atoms with Crippen molar-refractivity contribution >= 4 is 25.4 Å². The van der Waals surface area contributed by atoms with Gasteiger partial charge in [-0.15, -0.1) is 0 Å². The minimum absolute atomic E-state index is 0.110. The van der Waals surface area contributed by atoms with Crippen LogP contribution in [0.4, 0.5) is 0 Å². The zero-order chi connectivity index (χ0) is 15.8. The molecule has 0 unspecified atom stereocenters. The fourth-order valence-electron chi connectivity index (χ4n) is 2.12. The molecule has 0 aliphatic rings. The van der Waals surface area contributed by atoms with Crippen molar-refractivity contribution in [3.63, 3.8) is 0 Å². The zero-order valence-corrected chi connectivity index (χ0v) is 15.9. The molecule has 6 heteroatoms. The molecular weight excluding hydrogens is 355 g/mol. The van der Waals surface area contributed by atoms with Crippen molar-refractivity contribution in [2.24, 2.45) is 0 Å². The Labute approximate surface area is 137 Å². The molecule has 1 N–H and O–H groups in total. The minimum atomic E-state index is -4.24. The quantitative estimate of drug-likeness (QED) is 0.238. The summed E-state index contributed by atoms with van der Waals surface area (Å²) in [5, 5.41) is 2.30. The van der Waals surface area contributed by atoms with Crippen molar-refractivity contribution in [2.75, 3.05) is 6.61 Å². The van der Waals surface area contributed by atoms with E-state index in [-0.39, 0.29) is 6.61 Å². The second-order valence-electron chi connectivity index (χ2n) is 5.40. The SMILES string of the molecule is CCCCCCCCCCCC[Se]CCCOS(=O)(=O)O. The van der Waals surface area contributed by atoms with Gasteiger partial charge in [0.05, 0.1) is 0 Å². The summed E-state index contributed by atoms with van der Waals surface area (Å²) in [6.07, 6.45) is 14.4. The number of hydrogen-bond acceptors (Lipinski definition) is 3. The van der Waals surface area contributed by atoms with Gasteiger partial charge in [-0.05, 0) is 0 Å². The molecule has 0 fully saturated rings. The molecule has 4 nitrogen and oxygen atoms in total. The molecule has 0 atom stereocenters. The van der Waals surface area contributed by atoms with E-state index in [0.29, 0.717) is 15.0 Å². The monoisotopic (exact) mass is 388 g/mol. The summed E-state index contributed by atoms with van der Waals surface area (Å²) < 4.78 is 33.3. The average Bonchev–Trinajstić information content (AvgIpc) is 2.42. The van der Waals surface area contributed by atoms with E-state index < -0.39 is 10.4 Å². The third kappa shape index (κ3) is 20.4. The van der Waals surface area contributed by atoms with Gasteiger partial charge in [-0.2, -0.15) is 0 Å². The molecule has 0 saturated carbocycles. The Morgan fingerprint density at radius 2 is 1.29 bits per heavy atom. The standard InChI is InChI=1S/C15H32O4SSe/c1-2-3-4-5-6-7-8-9-10-11-14-21-15-12-13-19-20(16,17)18/h2-15H2,1H3,(H,16,17,18). The summed E-state index contributed by atoms with van der Waals surface area (Å²) in [5.41, 5.74) is 0. The Kier molecular flexibility index (Phi) is 15.6. The van der Waals surface area contributed by atoms with Crippen LogP contribution in [-0.4, -0.2) is 34.5 Å². The summed E-state index contributed by atoms with van der Waals surface area (Å²) in [6, 6.07) is 0. The van der Waals surface area contributed by atoms with Crippen molar-refractivity contribution in [1.29, 1.82) is 0 Å². The van der Waals surface area contributed by atoms with Gasteiger partial charge >= 0.3 is 137 Å². The molecule has 0 aromatic carbocycles. The third-order valence-electron chi connectivity index (χ3n) is 3.31. The topological polar surface area (TPSA) is 63.6 Å². The second kappa shape index (κ2) is 15.3. The van der Waals surface area contributed by atoms with Crippen molar-refractivity contribution in [3.8, 4) is 0 Å². The normalized spacial score (nSPS) is 11.9. The molecule has 0 saturated heterocycles. The average molecular weight is 387 g/mol. The van der Waals surface area contributed by atoms with E-state index in [1.54, 1.807) is 0 Å². The number of hydrogen-bond donors (Lipinski definition) is 1. The van der Waals surface area contributed by atoms with Crippen molar-refractivity contribution in [2.45, 2.75) is 88.2 Å². The molecule has 0 bridgehead atoms. The molecule has 0 rings (SSSR count). The van der Waals surface area contributed by atoms with Crippen LogP contribution in [0.3, 0.4) is 0 Å². The first kappa shape index (κ1) is 21.4. The van der Waals surface area contributed by atoms with Gasteiger partial charge in [-0.3, -0.25) is 0 Å². The van der Waals surface area contributed by atoms with Crippen LogP contribution in [0, 0.1) is 0 Å². The van der Waals surface area contributed by atoms with Crippen LogP contribution in [0.1, 0.15) is 77.6 Å². The first-order valence-corrected chi connectivity index (χ1v) is 12.0. The van der Waals surface area contributed by atoms with Crippen molar-refractivity contribution < 1.29 is 17.2 Å². The number of unbranched alkanes of at least 4 members (excludes halogenated alkanes) is 9. The van der Waals surface area contributed by atoms with Crippen LogP contribution in [0.5, 0.6) is 0 Å². The van der Waals surface area contributed by atoms with Crippen LogP contribution in [0.25, 0.3) is 0 Å². The van der Waals surface area contributed by atoms with E-state index in [1.165, 1.54) is 69.5 Å². The Bertz CT molecular complexity index is 307. The van der Waals surface area contributed by atoms with Gasteiger partial charge in [0.25, 0.3) is 0 Å². The van der Waals surface area contributed by atoms with Crippen LogP contribution < -0.4 is 0 Å². The summed E-state index contributed by atoms with van der Waals surface area (Å²) in [7, 11) is -4.24. The van der Waals surface area contributed by atoms with Gasteiger partial charge in [-0.1, -0.05) is 0 Å². The third-order valence-corrected chi connectivity index (χ3v) is 6.19. The van der Waals surface area contributed by atoms with E-state index in [2.05, 4.69) is 11.1 Å². The van der Waals surface area contributed by atoms with Crippen LogP contribution in [0.2, 0.25) is 10.6 Å². The fraction of sp³-hybridized carbons (Fsp3) is 1.00. The summed E-state index contributed by atoms with van der Waals surface area (Å²) in [6.45, 7) is 2.36. The van der Waals surface area contributed by atoms with Gasteiger partial charge in [-0.25, -0.2) is 0 Å². The Morgan fingerprint density at radius 1 is 0.810 bits per heavy atom. The first-order valence-electron chi connectivity index (χ1n) is 8.26. The molecule has 0 amide bonds. The second-order valence-corrected chi connectivity index (χ2v) is 9.06. The number of rotatable bonds is 16. The molecule has 0 aliphatic heterocycles. The maximum absolute atomic E-state index is 10.3. The molecule has 128 valence electrons. The van der Waals surface area contributed by atoms with Gasteiger partial charge in [0, 0.05) is 0 Å². The van der Waals surface area contributed by atoms with Crippen LogP contribution in [0.15, 0.2) is 0 Å². The molecular formula is C15H32O4SSe. The molecule has 21 heavy (non-hydrogen) atoms. The van der Waals surface area contributed by atoms with E-state index in [4.69, 9.17) is 4.55 Å². The van der Waals surface area contributed by atoms with Crippen molar-refractivity contribution in [1.82, 2.24) is 0 Å². The van der Waals surface area contributed by atoms with E-state index in [0.717, 1.165) is 11.7 Å².